The van der Waals surface area contributed by atoms with Gasteiger partial charge in [0.25, 0.3) is 18.0 Å². The second kappa shape index (κ2) is 5.80. The number of fused-ring (bicyclic) bond motifs is 1. The lowest BCUT2D eigenvalue weighted by atomic mass is 10.0. The molecule has 2 aromatic rings. The number of hydrogen-bond acceptors (Lipinski definition) is 5. The van der Waals surface area contributed by atoms with Gasteiger partial charge < -0.3 is 8.75 Å². The van der Waals surface area contributed by atoms with Crippen LogP contribution in [0.25, 0.3) is 10.8 Å². The number of hydrogen-bond donors (Lipinski definition) is 1. The van der Waals surface area contributed by atoms with Crippen molar-refractivity contribution in [3.05, 3.63) is 40.8 Å². The highest BCUT2D eigenvalue weighted by atomic mass is 32.2. The van der Waals surface area contributed by atoms with Crippen LogP contribution in [0.15, 0.2) is 35.3 Å². The van der Waals surface area contributed by atoms with Crippen molar-refractivity contribution in [2.75, 3.05) is 0 Å². The summed E-state index contributed by atoms with van der Waals surface area (Å²) >= 11 is -0.308. The van der Waals surface area contributed by atoms with Crippen LogP contribution in [0, 0.1) is 0 Å². The summed E-state index contributed by atoms with van der Waals surface area (Å²) in [5.41, 5.74) is -0.388. The van der Waals surface area contributed by atoms with E-state index in [2.05, 4.69) is 9.50 Å². The molecule has 1 aliphatic rings. The first-order chi connectivity index (χ1) is 10.6. The van der Waals surface area contributed by atoms with E-state index in [1.807, 2.05) is 0 Å². The average Bonchev–Trinajstić information content (AvgIpc) is 2.49. The molecule has 2 heterocycles. The van der Waals surface area contributed by atoms with Gasteiger partial charge in [-0.15, -0.1) is 3.89 Å². The zero-order valence-corrected chi connectivity index (χ0v) is 12.1. The smallest absolute Gasteiger partial charge is 0.272 e. The van der Waals surface area contributed by atoms with E-state index in [4.69, 9.17) is 0 Å². The van der Waals surface area contributed by atoms with Gasteiger partial charge in [0, 0.05) is 12.6 Å². The molecule has 0 radical (unpaired) electrons. The highest BCUT2D eigenvalue weighted by molar-refractivity contribution is 7.89. The van der Waals surface area contributed by atoms with Crippen LogP contribution in [-0.4, -0.2) is 16.4 Å². The second-order valence-electron chi connectivity index (χ2n) is 4.89. The Kier molecular flexibility index (Phi) is 3.84. The Hall–Kier alpha value is -2.35. The van der Waals surface area contributed by atoms with Gasteiger partial charge in [-0.2, -0.15) is 0 Å². The Labute approximate surface area is 128 Å². The van der Waals surface area contributed by atoms with Crippen molar-refractivity contribution in [2.45, 2.75) is 18.9 Å². The first-order valence-corrected chi connectivity index (χ1v) is 7.18. The molecule has 22 heavy (non-hydrogen) atoms. The highest BCUT2D eigenvalue weighted by Gasteiger charge is 2.28. The van der Waals surface area contributed by atoms with Gasteiger partial charge in [0.2, 0.25) is 11.8 Å². The third-order valence-corrected chi connectivity index (χ3v) is 3.83. The van der Waals surface area contributed by atoms with Crippen LogP contribution in [0.4, 0.5) is 3.89 Å². The summed E-state index contributed by atoms with van der Waals surface area (Å²) in [7, 11) is 0. The van der Waals surface area contributed by atoms with E-state index in [1.165, 1.54) is 16.8 Å². The Bertz CT molecular complexity index is 820. The Balaban J connectivity index is 2.07. The zero-order valence-electron chi connectivity index (χ0n) is 11.2. The molecule has 1 aliphatic heterocycles. The van der Waals surface area contributed by atoms with Crippen LogP contribution in [-0.2, 0) is 9.59 Å². The van der Waals surface area contributed by atoms with Gasteiger partial charge in [0.05, 0.1) is 5.39 Å². The molecule has 1 aromatic heterocycles. The Morgan fingerprint density at radius 1 is 1.27 bits per heavy atom. The number of benzene rings is 1. The quantitative estimate of drug-likeness (QED) is 0.690. The summed E-state index contributed by atoms with van der Waals surface area (Å²) in [5, 5.41) is 3.20. The predicted molar refractivity (Wildman–Crippen MR) is 79.0 cm³/mol. The van der Waals surface area contributed by atoms with Gasteiger partial charge in [0.15, 0.2) is 0 Å². The number of carbonyl (C=O) groups excluding carboxylic acids is 2. The average molecular weight is 322 g/mol. The van der Waals surface area contributed by atoms with Crippen molar-refractivity contribution in [3.63, 3.8) is 0 Å². The van der Waals surface area contributed by atoms with Gasteiger partial charge in [-0.3, -0.25) is 19.7 Å². The number of rotatable bonds is 3. The summed E-state index contributed by atoms with van der Waals surface area (Å²) < 4.78 is 18.1. The summed E-state index contributed by atoms with van der Waals surface area (Å²) in [6, 6.07) is 5.57. The number of nitrogens with zero attached hydrogens (tertiary/aromatic N) is 1. The number of piperidine rings is 1. The molecule has 1 atom stereocenters. The van der Waals surface area contributed by atoms with Crippen molar-refractivity contribution in [2.24, 2.45) is 0 Å². The molecule has 0 spiro atoms. The van der Waals surface area contributed by atoms with E-state index in [1.54, 1.807) is 18.2 Å². The monoisotopic (exact) mass is 322 g/mol. The standard InChI is InChI=1S/C14H11FN2O4S/c15-22-21-9-2-1-8-5-6-17(14(20)10(8)7-9)11-3-4-12(18)16-13(11)19/h1-2,5-7,11H,3-4H2,(H,16,18,19). The molecular weight excluding hydrogens is 311 g/mol. The van der Waals surface area contributed by atoms with Crippen molar-refractivity contribution in [3.8, 4) is 5.75 Å². The largest absolute Gasteiger partial charge is 0.397 e. The summed E-state index contributed by atoms with van der Waals surface area (Å²) in [6.07, 6.45) is 1.98. The number of aromatic nitrogens is 1. The second-order valence-corrected chi connectivity index (χ2v) is 5.18. The molecule has 1 aromatic carbocycles. The van der Waals surface area contributed by atoms with E-state index >= 15 is 0 Å². The number of halogens is 1. The molecular formula is C14H11FN2O4S. The lowest BCUT2D eigenvalue weighted by Gasteiger charge is -2.23. The van der Waals surface area contributed by atoms with E-state index in [-0.39, 0.29) is 42.5 Å². The van der Waals surface area contributed by atoms with Crippen molar-refractivity contribution >= 4 is 35.0 Å². The molecule has 0 aliphatic carbocycles. The van der Waals surface area contributed by atoms with Crippen LogP contribution < -0.4 is 15.1 Å². The molecule has 0 saturated carbocycles. The minimum absolute atomic E-state index is 0.183. The van der Waals surface area contributed by atoms with Gasteiger partial charge in [-0.05, 0) is 30.0 Å². The minimum Gasteiger partial charge on any atom is -0.397 e. The molecule has 1 N–H and O–H groups in total. The third-order valence-electron chi connectivity index (χ3n) is 3.58. The number of amides is 2. The molecule has 2 amide bonds. The Morgan fingerprint density at radius 3 is 2.82 bits per heavy atom. The molecule has 1 unspecified atom stereocenters. The van der Waals surface area contributed by atoms with Gasteiger partial charge in [0.1, 0.15) is 11.8 Å². The molecule has 3 rings (SSSR count). The van der Waals surface area contributed by atoms with Gasteiger partial charge in [-0.25, -0.2) is 0 Å². The molecule has 8 heteroatoms. The van der Waals surface area contributed by atoms with Crippen LogP contribution >= 0.6 is 12.4 Å². The van der Waals surface area contributed by atoms with E-state index in [0.29, 0.717) is 10.8 Å². The molecule has 1 saturated heterocycles. The molecule has 6 nitrogen and oxygen atoms in total. The maximum absolute atomic E-state index is 12.6. The van der Waals surface area contributed by atoms with Crippen molar-refractivity contribution < 1.29 is 17.7 Å². The lowest BCUT2D eigenvalue weighted by Crippen LogP contribution is -2.44. The maximum atomic E-state index is 12.6. The molecule has 0 bridgehead atoms. The first kappa shape index (κ1) is 14.6. The minimum atomic E-state index is -0.727. The zero-order chi connectivity index (χ0) is 15.7. The fraction of sp³-hybridized carbons (Fsp3) is 0.214. The summed E-state index contributed by atoms with van der Waals surface area (Å²) in [5.74, 6) is -0.631. The third kappa shape index (κ3) is 2.57. The highest BCUT2D eigenvalue weighted by Crippen LogP contribution is 2.23. The lowest BCUT2D eigenvalue weighted by molar-refractivity contribution is -0.135. The van der Waals surface area contributed by atoms with Crippen LogP contribution in [0.5, 0.6) is 5.75 Å². The maximum Gasteiger partial charge on any atom is 0.272 e. The van der Waals surface area contributed by atoms with Crippen LogP contribution in [0.3, 0.4) is 0 Å². The number of carbonyl (C=O) groups is 2. The number of pyridine rings is 1. The number of nitrogens with one attached hydrogen (secondary N) is 1. The normalized spacial score (nSPS) is 18.3. The van der Waals surface area contributed by atoms with E-state index in [9.17, 15) is 18.3 Å². The van der Waals surface area contributed by atoms with E-state index in [0.717, 1.165) is 0 Å². The fourth-order valence-corrected chi connectivity index (χ4v) is 2.69. The van der Waals surface area contributed by atoms with Gasteiger partial charge in [-0.1, -0.05) is 6.07 Å². The topological polar surface area (TPSA) is 77.4 Å². The Morgan fingerprint density at radius 2 is 2.09 bits per heavy atom. The SMILES string of the molecule is O=C1CCC(n2ccc3ccc(OSF)cc3c2=O)C(=O)N1. The fourth-order valence-electron chi connectivity index (χ4n) is 2.51. The molecule has 1 fully saturated rings. The van der Waals surface area contributed by atoms with Crippen LogP contribution in [0.2, 0.25) is 0 Å². The first-order valence-electron chi connectivity index (χ1n) is 6.54. The molecule has 114 valence electrons. The predicted octanol–water partition coefficient (Wildman–Crippen LogP) is 1.89. The van der Waals surface area contributed by atoms with E-state index < -0.39 is 11.9 Å². The summed E-state index contributed by atoms with van der Waals surface area (Å²) in [6.45, 7) is 0. The van der Waals surface area contributed by atoms with Crippen molar-refractivity contribution in [1.29, 1.82) is 0 Å². The van der Waals surface area contributed by atoms with Crippen LogP contribution in [0.1, 0.15) is 18.9 Å². The van der Waals surface area contributed by atoms with Gasteiger partial charge >= 0.3 is 0 Å². The number of imide groups is 1. The van der Waals surface area contributed by atoms with Crippen molar-refractivity contribution in [1.82, 2.24) is 9.88 Å². The summed E-state index contributed by atoms with van der Waals surface area (Å²) in [4.78, 5) is 35.6.